The Balaban J connectivity index is 0.00000432. The molecule has 3 atom stereocenters. The van der Waals surface area contributed by atoms with E-state index in [1.165, 1.54) is 0 Å². The number of rotatable bonds is 11. The number of anilines is 1. The molecule has 50 heavy (non-hydrogen) atoms. The second-order valence-corrected chi connectivity index (χ2v) is 13.8. The fraction of sp³-hybridized carbons (Fsp3) is 0.405. The van der Waals surface area contributed by atoms with Crippen LogP contribution in [0.4, 0.5) is 5.69 Å². The minimum atomic E-state index is -0.807. The Kier molecular flexibility index (Phi) is 10.9. The molecule has 12 nitrogen and oxygen atoms in total. The third-order valence-electron chi connectivity index (χ3n) is 10.5. The summed E-state index contributed by atoms with van der Waals surface area (Å²) in [6.07, 6.45) is 3.64. The molecule has 7 rings (SSSR count). The van der Waals surface area contributed by atoms with Gasteiger partial charge in [-0.1, -0.05) is 30.3 Å². The van der Waals surface area contributed by atoms with Gasteiger partial charge in [0.05, 0.1) is 0 Å². The van der Waals surface area contributed by atoms with Gasteiger partial charge < -0.3 is 27.0 Å². The van der Waals surface area contributed by atoms with Gasteiger partial charge in [0.1, 0.15) is 6.04 Å². The number of hydrogen-bond acceptors (Lipinski definition) is 8. The van der Waals surface area contributed by atoms with Crippen LogP contribution in [-0.2, 0) is 16.0 Å². The predicted octanol–water partition coefficient (Wildman–Crippen LogP) is 3.64. The van der Waals surface area contributed by atoms with Crippen LogP contribution >= 0.6 is 12.4 Å². The van der Waals surface area contributed by atoms with Crippen LogP contribution in [0.1, 0.15) is 47.2 Å². The lowest BCUT2D eigenvalue weighted by atomic mass is 9.81. The molecular weight excluding hydrogens is 654 g/mol. The fourth-order valence-electron chi connectivity index (χ4n) is 7.42. The van der Waals surface area contributed by atoms with Crippen LogP contribution in [0.3, 0.4) is 0 Å². The van der Waals surface area contributed by atoms with E-state index in [0.29, 0.717) is 47.8 Å². The van der Waals surface area contributed by atoms with Crippen LogP contribution in [-0.4, -0.2) is 70.1 Å². The number of aromatic nitrogens is 4. The van der Waals surface area contributed by atoms with Crippen molar-refractivity contribution in [3.05, 3.63) is 83.4 Å². The molecule has 7 N–H and O–H groups in total. The maximum Gasteiger partial charge on any atom is 0.251 e. The SMILES string of the molecule is Cc1ccc(C[C@H](NC(=O)[C@H]2CC[C@H](CN)CC2)C(=O)Nc2ccc(-c3nnn[nH]3)cc2)cc1-c1cccc(C(=O)NC2C3CNCC32)c1.Cl. The molecule has 4 aromatic rings. The molecule has 262 valence electrons. The third kappa shape index (κ3) is 7.88. The van der Waals surface area contributed by atoms with Crippen LogP contribution in [0.25, 0.3) is 22.5 Å². The summed E-state index contributed by atoms with van der Waals surface area (Å²) in [4.78, 5) is 40.5. The molecule has 1 aliphatic heterocycles. The van der Waals surface area contributed by atoms with E-state index in [9.17, 15) is 14.4 Å². The maximum absolute atomic E-state index is 13.8. The summed E-state index contributed by atoms with van der Waals surface area (Å²) in [5.41, 5.74) is 11.7. The topological polar surface area (TPSA) is 180 Å². The highest BCUT2D eigenvalue weighted by Gasteiger charge is 2.53. The molecule has 2 aliphatic carbocycles. The zero-order valence-corrected chi connectivity index (χ0v) is 28.8. The van der Waals surface area contributed by atoms with Crippen molar-refractivity contribution in [2.24, 2.45) is 29.4 Å². The number of nitrogens with two attached hydrogens (primary N) is 1. The number of nitrogens with one attached hydrogen (secondary N) is 5. The van der Waals surface area contributed by atoms with Gasteiger partial charge in [0.25, 0.3) is 5.91 Å². The van der Waals surface area contributed by atoms with Gasteiger partial charge >= 0.3 is 0 Å². The third-order valence-corrected chi connectivity index (χ3v) is 10.5. The van der Waals surface area contributed by atoms with Gasteiger partial charge in [-0.05, 0) is 126 Å². The predicted molar refractivity (Wildman–Crippen MR) is 193 cm³/mol. The molecule has 2 unspecified atom stereocenters. The minimum Gasteiger partial charge on any atom is -0.349 e. The first-order valence-electron chi connectivity index (χ1n) is 17.2. The molecule has 0 bridgehead atoms. The standard InChI is InChI=1S/C37H43N9O3.ClH/c1-21-5-6-23(15-29(21)26-3-2-4-27(17-26)36(48)42-33-30-19-39-20-31(30)33)16-32(41-35(47)25-9-7-22(18-38)8-10-25)37(49)40-28-13-11-24(12-14-28)34-43-45-46-44-34;/h2-6,11-15,17,22,25,30-33,39H,7-10,16,18-20,38H2,1H3,(H,40,49)(H,41,47)(H,42,48)(H,43,44,45,46);1H/t22-,25-,30?,31?,32-,33?;/m0./s1. The van der Waals surface area contributed by atoms with Crippen LogP contribution in [0, 0.1) is 30.6 Å². The second kappa shape index (κ2) is 15.5. The van der Waals surface area contributed by atoms with Crippen molar-refractivity contribution in [3.8, 4) is 22.5 Å². The first-order chi connectivity index (χ1) is 23.9. The number of carbonyl (C=O) groups is 3. The van der Waals surface area contributed by atoms with E-state index in [4.69, 9.17) is 5.73 Å². The summed E-state index contributed by atoms with van der Waals surface area (Å²) in [5, 5.41) is 26.6. The monoisotopic (exact) mass is 697 g/mol. The molecule has 0 spiro atoms. The van der Waals surface area contributed by atoms with Crippen molar-refractivity contribution < 1.29 is 14.4 Å². The second-order valence-electron chi connectivity index (χ2n) is 13.8. The van der Waals surface area contributed by atoms with Gasteiger partial charge in [-0.15, -0.1) is 17.5 Å². The lowest BCUT2D eigenvalue weighted by Crippen LogP contribution is -2.48. The van der Waals surface area contributed by atoms with Gasteiger partial charge in [-0.2, -0.15) is 0 Å². The lowest BCUT2D eigenvalue weighted by Gasteiger charge is -2.28. The molecule has 3 fully saturated rings. The zero-order chi connectivity index (χ0) is 33.9. The summed E-state index contributed by atoms with van der Waals surface area (Å²) >= 11 is 0. The highest BCUT2D eigenvalue weighted by Crippen LogP contribution is 2.41. The van der Waals surface area contributed by atoms with Crippen LogP contribution in [0.15, 0.2) is 66.7 Å². The van der Waals surface area contributed by atoms with Crippen LogP contribution < -0.4 is 27.0 Å². The number of benzene rings is 3. The molecule has 2 heterocycles. The van der Waals surface area contributed by atoms with E-state index in [1.807, 2.05) is 55.5 Å². The Labute approximate surface area is 297 Å². The number of piperidine rings is 1. The van der Waals surface area contributed by atoms with Crippen molar-refractivity contribution in [1.29, 1.82) is 0 Å². The highest BCUT2D eigenvalue weighted by atomic mass is 35.5. The van der Waals surface area contributed by atoms with E-state index >= 15 is 0 Å². The quantitative estimate of drug-likeness (QED) is 0.137. The summed E-state index contributed by atoms with van der Waals surface area (Å²) in [6, 6.07) is 20.4. The first-order valence-corrected chi connectivity index (χ1v) is 17.2. The van der Waals surface area contributed by atoms with Crippen molar-refractivity contribution in [2.75, 3.05) is 25.0 Å². The molecule has 3 amide bonds. The van der Waals surface area contributed by atoms with Gasteiger partial charge in [0.2, 0.25) is 11.8 Å². The summed E-state index contributed by atoms with van der Waals surface area (Å²) in [5.74, 6) is 1.42. The molecule has 3 aliphatic rings. The normalized spacial score (nSPS) is 22.8. The average molecular weight is 698 g/mol. The van der Waals surface area contributed by atoms with Crippen molar-refractivity contribution in [1.82, 2.24) is 36.6 Å². The number of aromatic amines is 1. The molecule has 1 aromatic heterocycles. The zero-order valence-electron chi connectivity index (χ0n) is 28.0. The molecule has 3 aromatic carbocycles. The van der Waals surface area contributed by atoms with E-state index in [-0.39, 0.29) is 42.1 Å². The van der Waals surface area contributed by atoms with E-state index in [2.05, 4.69) is 48.0 Å². The van der Waals surface area contributed by atoms with Crippen molar-refractivity contribution >= 4 is 35.8 Å². The summed E-state index contributed by atoms with van der Waals surface area (Å²) < 4.78 is 0. The van der Waals surface area contributed by atoms with E-state index in [0.717, 1.165) is 66.6 Å². The average Bonchev–Trinajstić information content (AvgIpc) is 3.52. The number of aryl methyl sites for hydroxylation is 1. The lowest BCUT2D eigenvalue weighted by molar-refractivity contribution is -0.130. The highest BCUT2D eigenvalue weighted by molar-refractivity contribution is 5.98. The Bertz CT molecular complexity index is 1800. The Morgan fingerprint density at radius 3 is 2.40 bits per heavy atom. The van der Waals surface area contributed by atoms with Gasteiger partial charge in [0.15, 0.2) is 5.82 Å². The number of tetrazole rings is 1. The Hall–Kier alpha value is -4.65. The summed E-state index contributed by atoms with van der Waals surface area (Å²) in [6.45, 7) is 4.59. The van der Waals surface area contributed by atoms with Gasteiger partial charge in [-0.3, -0.25) is 14.4 Å². The maximum atomic E-state index is 13.8. The first kappa shape index (κ1) is 35.2. The van der Waals surface area contributed by atoms with Gasteiger partial charge in [0, 0.05) is 48.3 Å². The number of amides is 3. The van der Waals surface area contributed by atoms with Crippen molar-refractivity contribution in [3.63, 3.8) is 0 Å². The molecule has 13 heteroatoms. The minimum absolute atomic E-state index is 0. The number of halogens is 1. The van der Waals surface area contributed by atoms with Gasteiger partial charge in [-0.25, -0.2) is 5.10 Å². The number of nitrogens with zero attached hydrogens (tertiary/aromatic N) is 3. The van der Waals surface area contributed by atoms with Crippen LogP contribution in [0.5, 0.6) is 0 Å². The largest absolute Gasteiger partial charge is 0.349 e. The molecule has 2 saturated carbocycles. The van der Waals surface area contributed by atoms with Crippen molar-refractivity contribution in [2.45, 2.75) is 51.1 Å². The summed E-state index contributed by atoms with van der Waals surface area (Å²) in [7, 11) is 0. The number of hydrogen-bond donors (Lipinski definition) is 6. The van der Waals surface area contributed by atoms with E-state index in [1.54, 1.807) is 12.1 Å². The van der Waals surface area contributed by atoms with Crippen LogP contribution in [0.2, 0.25) is 0 Å². The number of carbonyl (C=O) groups excluding carboxylic acids is 3. The molecule has 0 radical (unpaired) electrons. The van der Waals surface area contributed by atoms with E-state index < -0.39 is 6.04 Å². The molecular formula is C37H44ClN9O3. The number of H-pyrrole nitrogens is 1. The Morgan fingerprint density at radius 2 is 1.70 bits per heavy atom. The smallest absolute Gasteiger partial charge is 0.251 e. The fourth-order valence-corrected chi connectivity index (χ4v) is 7.42. The molecule has 1 saturated heterocycles. The Morgan fingerprint density at radius 1 is 0.940 bits per heavy atom. The number of fused-ring (bicyclic) bond motifs is 1.